The molecule has 11 heteroatoms. The molecule has 1 saturated carbocycles. The molecule has 1 aromatic carbocycles. The van der Waals surface area contributed by atoms with Gasteiger partial charge in [0, 0.05) is 0 Å². The third-order valence-electron chi connectivity index (χ3n) is 6.51. The highest BCUT2D eigenvalue weighted by molar-refractivity contribution is 6.00. The number of aliphatic carboxylic acids is 1. The van der Waals surface area contributed by atoms with E-state index in [9.17, 15) is 29.1 Å². The Hall–Kier alpha value is -3.63. The summed E-state index contributed by atoms with van der Waals surface area (Å²) in [5, 5.41) is 20.4. The summed E-state index contributed by atoms with van der Waals surface area (Å²) in [5.74, 6) is -3.71. The molecule has 2 aliphatic rings. The Labute approximate surface area is 209 Å². The quantitative estimate of drug-likeness (QED) is 0.398. The van der Waals surface area contributed by atoms with E-state index in [1.54, 1.807) is 39.0 Å². The van der Waals surface area contributed by atoms with E-state index in [1.165, 1.54) is 6.07 Å². The summed E-state index contributed by atoms with van der Waals surface area (Å²) in [6.07, 6.45) is 1.54. The van der Waals surface area contributed by atoms with Crippen LogP contribution in [0.25, 0.3) is 0 Å². The van der Waals surface area contributed by atoms with E-state index in [1.807, 2.05) is 0 Å². The molecule has 1 aliphatic carbocycles. The predicted octanol–water partition coefficient (Wildman–Crippen LogP) is 0.727. The molecule has 0 bridgehead atoms. The Bertz CT molecular complexity index is 1020. The lowest BCUT2D eigenvalue weighted by Gasteiger charge is -2.32. The minimum absolute atomic E-state index is 0.0289. The second-order valence-corrected chi connectivity index (χ2v) is 9.82. The summed E-state index contributed by atoms with van der Waals surface area (Å²) in [6, 6.07) is 3.46. The Balaban J connectivity index is 1.96. The SMILES string of the molecule is CC(C)[C@H]1NC(=O)C2(CCCC2)NC(=O)C[C@@H](C(=O)O)NC(=O)c2ccccc2OC[C@H](C)NC1=O. The summed E-state index contributed by atoms with van der Waals surface area (Å²) in [5.41, 5.74) is -1.16. The first-order chi connectivity index (χ1) is 17.0. The van der Waals surface area contributed by atoms with E-state index in [-0.39, 0.29) is 23.8 Å². The van der Waals surface area contributed by atoms with Gasteiger partial charge in [0.05, 0.1) is 18.0 Å². The summed E-state index contributed by atoms with van der Waals surface area (Å²) >= 11 is 0. The van der Waals surface area contributed by atoms with Gasteiger partial charge in [-0.05, 0) is 37.8 Å². The van der Waals surface area contributed by atoms with Crippen LogP contribution in [0.5, 0.6) is 5.75 Å². The van der Waals surface area contributed by atoms with Gasteiger partial charge in [-0.15, -0.1) is 0 Å². The van der Waals surface area contributed by atoms with Gasteiger partial charge in [0.15, 0.2) is 0 Å². The van der Waals surface area contributed by atoms with Crippen molar-refractivity contribution in [1.82, 2.24) is 21.3 Å². The topological polar surface area (TPSA) is 163 Å². The van der Waals surface area contributed by atoms with Crippen LogP contribution in [0.15, 0.2) is 24.3 Å². The van der Waals surface area contributed by atoms with Gasteiger partial charge >= 0.3 is 5.97 Å². The number of hydrogen-bond acceptors (Lipinski definition) is 6. The fraction of sp³-hybridized carbons (Fsp3) is 0.560. The zero-order valence-corrected chi connectivity index (χ0v) is 20.8. The highest BCUT2D eigenvalue weighted by Gasteiger charge is 2.44. The minimum Gasteiger partial charge on any atom is -0.491 e. The molecule has 0 aromatic heterocycles. The van der Waals surface area contributed by atoms with E-state index in [4.69, 9.17) is 4.74 Å². The number of hydrogen-bond donors (Lipinski definition) is 5. The zero-order chi connectivity index (χ0) is 26.5. The Kier molecular flexibility index (Phi) is 8.54. The lowest BCUT2D eigenvalue weighted by atomic mass is 9.93. The Morgan fingerprint density at radius 1 is 1.06 bits per heavy atom. The summed E-state index contributed by atoms with van der Waals surface area (Å²) in [6.45, 7) is 5.37. The maximum Gasteiger partial charge on any atom is 0.326 e. The highest BCUT2D eigenvalue weighted by Crippen LogP contribution is 2.30. The number of carboxylic acids is 1. The number of benzene rings is 1. The number of ether oxygens (including phenoxy) is 1. The molecular formula is C25H34N4O7. The van der Waals surface area contributed by atoms with Gasteiger partial charge < -0.3 is 31.1 Å². The molecule has 0 unspecified atom stereocenters. The van der Waals surface area contributed by atoms with Crippen LogP contribution in [0.4, 0.5) is 0 Å². The number of carbonyl (C=O) groups is 5. The lowest BCUT2D eigenvalue weighted by Crippen LogP contribution is -2.62. The molecule has 1 aliphatic heterocycles. The molecule has 5 N–H and O–H groups in total. The van der Waals surface area contributed by atoms with Gasteiger partial charge in [-0.2, -0.15) is 0 Å². The molecule has 36 heavy (non-hydrogen) atoms. The van der Waals surface area contributed by atoms with Gasteiger partial charge in [-0.25, -0.2) is 4.79 Å². The summed E-state index contributed by atoms with van der Waals surface area (Å²) in [4.78, 5) is 64.1. The fourth-order valence-electron chi connectivity index (χ4n) is 4.51. The van der Waals surface area contributed by atoms with Crippen LogP contribution >= 0.6 is 0 Å². The van der Waals surface area contributed by atoms with E-state index >= 15 is 0 Å². The van der Waals surface area contributed by atoms with Gasteiger partial charge in [0.1, 0.15) is 30.0 Å². The van der Waals surface area contributed by atoms with Crippen molar-refractivity contribution in [3.8, 4) is 5.75 Å². The van der Waals surface area contributed by atoms with Crippen molar-refractivity contribution in [2.75, 3.05) is 6.61 Å². The first-order valence-electron chi connectivity index (χ1n) is 12.2. The number of carbonyl (C=O) groups excluding carboxylic acids is 4. The fourth-order valence-corrected chi connectivity index (χ4v) is 4.51. The first kappa shape index (κ1) is 27.0. The monoisotopic (exact) mass is 502 g/mol. The molecule has 11 nitrogen and oxygen atoms in total. The molecule has 1 fully saturated rings. The first-order valence-corrected chi connectivity index (χ1v) is 12.2. The predicted molar refractivity (Wildman–Crippen MR) is 129 cm³/mol. The van der Waals surface area contributed by atoms with E-state index in [0.29, 0.717) is 25.7 Å². The van der Waals surface area contributed by atoms with Crippen molar-refractivity contribution < 1.29 is 33.8 Å². The molecule has 1 aromatic rings. The standard InChI is InChI=1S/C25H34N4O7/c1-14(2)20-22(32)26-15(3)13-36-18-9-5-4-8-16(18)21(31)27-17(23(33)34)12-19(30)29-25(24(35)28-20)10-6-7-11-25/h4-5,8-9,14-15,17,20H,6-7,10-13H2,1-3H3,(H,26,32)(H,27,31)(H,28,35)(H,29,30)(H,33,34)/t15-,17-,20+/m0/s1. The number of rotatable bonds is 2. The van der Waals surface area contributed by atoms with Crippen LogP contribution in [0.2, 0.25) is 0 Å². The molecule has 3 rings (SSSR count). The molecular weight excluding hydrogens is 468 g/mol. The van der Waals surface area contributed by atoms with Crippen molar-refractivity contribution in [2.24, 2.45) is 5.92 Å². The van der Waals surface area contributed by atoms with E-state index in [0.717, 1.165) is 0 Å². The second-order valence-electron chi connectivity index (χ2n) is 9.82. The van der Waals surface area contributed by atoms with E-state index < -0.39 is 59.7 Å². The zero-order valence-electron chi connectivity index (χ0n) is 20.8. The third-order valence-corrected chi connectivity index (χ3v) is 6.51. The van der Waals surface area contributed by atoms with Crippen molar-refractivity contribution >= 4 is 29.6 Å². The van der Waals surface area contributed by atoms with Crippen LogP contribution in [0.1, 0.15) is 63.2 Å². The molecule has 0 saturated heterocycles. The number of para-hydroxylation sites is 1. The van der Waals surface area contributed by atoms with Crippen LogP contribution in [-0.2, 0) is 19.2 Å². The van der Waals surface area contributed by atoms with E-state index in [2.05, 4.69) is 21.3 Å². The average Bonchev–Trinajstić information content (AvgIpc) is 3.29. The molecule has 3 atom stereocenters. The van der Waals surface area contributed by atoms with Crippen LogP contribution < -0.4 is 26.0 Å². The van der Waals surface area contributed by atoms with Gasteiger partial charge in [-0.1, -0.05) is 38.8 Å². The van der Waals surface area contributed by atoms with Crippen LogP contribution in [0.3, 0.4) is 0 Å². The third kappa shape index (κ3) is 6.32. The van der Waals surface area contributed by atoms with Crippen LogP contribution in [-0.4, -0.2) is 65.0 Å². The van der Waals surface area contributed by atoms with Gasteiger partial charge in [-0.3, -0.25) is 19.2 Å². The number of amides is 4. The summed E-state index contributed by atoms with van der Waals surface area (Å²) < 4.78 is 5.76. The normalized spacial score (nSPS) is 25.6. The molecule has 1 spiro atoms. The maximum absolute atomic E-state index is 13.4. The van der Waals surface area contributed by atoms with Gasteiger partial charge in [0.2, 0.25) is 17.7 Å². The lowest BCUT2D eigenvalue weighted by molar-refractivity contribution is -0.142. The van der Waals surface area contributed by atoms with Crippen molar-refractivity contribution in [2.45, 2.75) is 76.5 Å². The Morgan fingerprint density at radius 2 is 1.72 bits per heavy atom. The minimum atomic E-state index is -1.52. The highest BCUT2D eigenvalue weighted by atomic mass is 16.5. The Morgan fingerprint density at radius 3 is 2.36 bits per heavy atom. The van der Waals surface area contributed by atoms with Crippen molar-refractivity contribution in [3.63, 3.8) is 0 Å². The largest absolute Gasteiger partial charge is 0.491 e. The number of carboxylic acid groups (broad SMARTS) is 1. The second kappa shape index (κ2) is 11.4. The number of nitrogens with one attached hydrogen (secondary N) is 4. The van der Waals surface area contributed by atoms with Crippen molar-refractivity contribution in [3.05, 3.63) is 29.8 Å². The summed E-state index contributed by atoms with van der Waals surface area (Å²) in [7, 11) is 0. The molecule has 1 heterocycles. The van der Waals surface area contributed by atoms with Crippen molar-refractivity contribution in [1.29, 1.82) is 0 Å². The maximum atomic E-state index is 13.4. The smallest absolute Gasteiger partial charge is 0.326 e. The average molecular weight is 503 g/mol. The molecule has 196 valence electrons. The van der Waals surface area contributed by atoms with Crippen LogP contribution in [0, 0.1) is 5.92 Å². The van der Waals surface area contributed by atoms with Gasteiger partial charge in [0.25, 0.3) is 5.91 Å². The molecule has 0 radical (unpaired) electrons. The number of fused-ring (bicyclic) bond motifs is 1. The molecule has 4 amide bonds.